The molecule has 4 nitrogen and oxygen atoms in total. The van der Waals surface area contributed by atoms with Gasteiger partial charge < -0.3 is 4.74 Å². The van der Waals surface area contributed by atoms with Gasteiger partial charge in [-0.25, -0.2) is 0 Å². The van der Waals surface area contributed by atoms with Crippen LogP contribution in [-0.4, -0.2) is 15.4 Å². The Morgan fingerprint density at radius 3 is 2.64 bits per heavy atom. The van der Waals surface area contributed by atoms with Crippen molar-refractivity contribution in [3.05, 3.63) is 41.7 Å². The zero-order valence-corrected chi connectivity index (χ0v) is 7.85. The number of hydrogen-bond donors (Lipinski definition) is 0. The predicted octanol–water partition coefficient (Wildman–Crippen LogP) is 2.32. The third-order valence-corrected chi connectivity index (χ3v) is 1.80. The van der Waals surface area contributed by atoms with Gasteiger partial charge in [-0.1, -0.05) is 29.8 Å². The molecule has 14 heavy (non-hydrogen) atoms. The summed E-state index contributed by atoms with van der Waals surface area (Å²) < 4.78 is 5.41. The summed E-state index contributed by atoms with van der Waals surface area (Å²) in [5.74, 6) is 1.08. The van der Waals surface area contributed by atoms with Crippen molar-refractivity contribution in [2.75, 3.05) is 0 Å². The van der Waals surface area contributed by atoms with Gasteiger partial charge in [-0.15, -0.1) is 10.2 Å². The van der Waals surface area contributed by atoms with E-state index in [1.54, 1.807) is 0 Å². The van der Waals surface area contributed by atoms with Crippen molar-refractivity contribution in [1.82, 2.24) is 15.4 Å². The molecular weight excluding hydrogens is 202 g/mol. The van der Waals surface area contributed by atoms with E-state index in [1.807, 2.05) is 30.3 Å². The lowest BCUT2D eigenvalue weighted by molar-refractivity contribution is 0.473. The van der Waals surface area contributed by atoms with E-state index in [-0.39, 0.29) is 5.15 Å². The number of halogens is 1. The topological polar surface area (TPSA) is 47.9 Å². The Balaban J connectivity index is 2.24. The van der Waals surface area contributed by atoms with E-state index in [0.717, 1.165) is 0 Å². The van der Waals surface area contributed by atoms with Crippen molar-refractivity contribution in [3.8, 4) is 11.5 Å². The molecule has 0 saturated heterocycles. The van der Waals surface area contributed by atoms with Crippen molar-refractivity contribution >= 4 is 11.6 Å². The minimum absolute atomic E-state index is 0.198. The van der Waals surface area contributed by atoms with Crippen molar-refractivity contribution in [1.29, 1.82) is 0 Å². The van der Waals surface area contributed by atoms with Crippen LogP contribution in [-0.2, 0) is 0 Å². The van der Waals surface area contributed by atoms with E-state index in [4.69, 9.17) is 16.3 Å². The van der Waals surface area contributed by atoms with Crippen LogP contribution >= 0.6 is 11.6 Å². The monoisotopic (exact) mass is 207 g/mol. The van der Waals surface area contributed by atoms with Crippen molar-refractivity contribution in [2.45, 2.75) is 0 Å². The quantitative estimate of drug-likeness (QED) is 0.758. The second-order valence-corrected chi connectivity index (χ2v) is 2.86. The molecule has 1 heterocycles. The minimum Gasteiger partial charge on any atom is -0.452 e. The maximum Gasteiger partial charge on any atom is 0.197 e. The zero-order chi connectivity index (χ0) is 9.80. The van der Waals surface area contributed by atoms with Gasteiger partial charge in [-0.3, -0.25) is 0 Å². The fourth-order valence-electron chi connectivity index (χ4n) is 0.930. The van der Waals surface area contributed by atoms with Crippen LogP contribution in [0.5, 0.6) is 11.5 Å². The van der Waals surface area contributed by atoms with Gasteiger partial charge in [-0.2, -0.15) is 0 Å². The molecule has 0 aliphatic heterocycles. The SMILES string of the molecule is Clc1nnncc1Oc1ccccc1. The second-order valence-electron chi connectivity index (χ2n) is 2.50. The Kier molecular flexibility index (Phi) is 2.55. The zero-order valence-electron chi connectivity index (χ0n) is 7.09. The first kappa shape index (κ1) is 8.90. The van der Waals surface area contributed by atoms with Gasteiger partial charge >= 0.3 is 0 Å². The van der Waals surface area contributed by atoms with Crippen molar-refractivity contribution < 1.29 is 4.74 Å². The molecule has 0 radical (unpaired) electrons. The van der Waals surface area contributed by atoms with E-state index in [0.29, 0.717) is 11.5 Å². The molecule has 0 saturated carbocycles. The summed E-state index contributed by atoms with van der Waals surface area (Å²) in [6, 6.07) is 9.27. The van der Waals surface area contributed by atoms with Gasteiger partial charge in [0.2, 0.25) is 0 Å². The van der Waals surface area contributed by atoms with E-state index in [1.165, 1.54) is 6.20 Å². The summed E-state index contributed by atoms with van der Waals surface area (Å²) in [5.41, 5.74) is 0. The van der Waals surface area contributed by atoms with Gasteiger partial charge in [0.15, 0.2) is 10.9 Å². The van der Waals surface area contributed by atoms with Crippen LogP contribution in [0.15, 0.2) is 36.5 Å². The molecule has 1 aromatic carbocycles. The summed E-state index contributed by atoms with van der Waals surface area (Å²) in [6.45, 7) is 0. The summed E-state index contributed by atoms with van der Waals surface area (Å²) in [7, 11) is 0. The Morgan fingerprint density at radius 1 is 1.14 bits per heavy atom. The van der Waals surface area contributed by atoms with Crippen LogP contribution in [0.4, 0.5) is 0 Å². The van der Waals surface area contributed by atoms with Gasteiger partial charge in [0.25, 0.3) is 0 Å². The largest absolute Gasteiger partial charge is 0.452 e. The van der Waals surface area contributed by atoms with Crippen LogP contribution < -0.4 is 4.74 Å². The molecule has 0 N–H and O–H groups in total. The highest BCUT2D eigenvalue weighted by Gasteiger charge is 2.03. The first-order valence-corrected chi connectivity index (χ1v) is 4.31. The van der Waals surface area contributed by atoms with E-state index in [9.17, 15) is 0 Å². The van der Waals surface area contributed by atoms with Gasteiger partial charge in [0.05, 0.1) is 6.20 Å². The van der Waals surface area contributed by atoms with Crippen LogP contribution in [0.3, 0.4) is 0 Å². The fraction of sp³-hybridized carbons (Fsp3) is 0. The highest BCUT2D eigenvalue weighted by molar-refractivity contribution is 6.30. The first-order chi connectivity index (χ1) is 6.86. The molecule has 1 aromatic heterocycles. The Hall–Kier alpha value is -1.68. The molecule has 70 valence electrons. The Morgan fingerprint density at radius 2 is 1.93 bits per heavy atom. The maximum absolute atomic E-state index is 5.74. The average Bonchev–Trinajstić information content (AvgIpc) is 2.23. The Bertz CT molecular complexity index is 421. The fourth-order valence-corrected chi connectivity index (χ4v) is 1.05. The molecule has 2 rings (SSSR count). The number of nitrogens with zero attached hydrogens (tertiary/aromatic N) is 3. The average molecular weight is 208 g/mol. The molecule has 0 aliphatic carbocycles. The minimum atomic E-state index is 0.198. The lowest BCUT2D eigenvalue weighted by Gasteiger charge is -2.03. The molecule has 2 aromatic rings. The molecule has 0 amide bonds. The summed E-state index contributed by atoms with van der Waals surface area (Å²) in [6.07, 6.45) is 1.42. The third-order valence-electron chi connectivity index (χ3n) is 1.53. The maximum atomic E-state index is 5.74. The van der Waals surface area contributed by atoms with Crippen molar-refractivity contribution in [2.24, 2.45) is 0 Å². The molecule has 0 aliphatic rings. The molecule has 0 bridgehead atoms. The van der Waals surface area contributed by atoms with Crippen LogP contribution in [0, 0.1) is 0 Å². The summed E-state index contributed by atoms with van der Waals surface area (Å²) in [5, 5.41) is 10.7. The number of rotatable bonds is 2. The molecule has 0 spiro atoms. The van der Waals surface area contributed by atoms with Crippen LogP contribution in [0.2, 0.25) is 5.15 Å². The lowest BCUT2D eigenvalue weighted by atomic mass is 10.3. The molecular formula is C9H6ClN3O. The number of benzene rings is 1. The van der Waals surface area contributed by atoms with Gasteiger partial charge in [0, 0.05) is 0 Å². The van der Waals surface area contributed by atoms with E-state index in [2.05, 4.69) is 15.4 Å². The number of aromatic nitrogens is 3. The van der Waals surface area contributed by atoms with Crippen molar-refractivity contribution in [3.63, 3.8) is 0 Å². The normalized spacial score (nSPS) is 9.79. The van der Waals surface area contributed by atoms with E-state index >= 15 is 0 Å². The smallest absolute Gasteiger partial charge is 0.197 e. The molecule has 0 fully saturated rings. The van der Waals surface area contributed by atoms with Crippen LogP contribution in [0.1, 0.15) is 0 Å². The summed E-state index contributed by atoms with van der Waals surface area (Å²) in [4.78, 5) is 0. The first-order valence-electron chi connectivity index (χ1n) is 3.93. The highest BCUT2D eigenvalue weighted by atomic mass is 35.5. The standard InChI is InChI=1S/C9H6ClN3O/c10-9-8(6-11-13-12-9)14-7-4-2-1-3-5-7/h1-6H. The third kappa shape index (κ3) is 1.97. The number of para-hydroxylation sites is 1. The number of hydrogen-bond acceptors (Lipinski definition) is 4. The highest BCUT2D eigenvalue weighted by Crippen LogP contribution is 2.25. The Labute approximate surface area is 85.5 Å². The summed E-state index contributed by atoms with van der Waals surface area (Å²) >= 11 is 5.74. The number of ether oxygens (including phenoxy) is 1. The molecule has 0 unspecified atom stereocenters. The molecule has 0 atom stereocenters. The lowest BCUT2D eigenvalue weighted by Crippen LogP contribution is -1.91. The molecule has 5 heteroatoms. The predicted molar refractivity (Wildman–Crippen MR) is 51.4 cm³/mol. The van der Waals surface area contributed by atoms with E-state index < -0.39 is 0 Å². The van der Waals surface area contributed by atoms with Gasteiger partial charge in [0.1, 0.15) is 5.75 Å². The second kappa shape index (κ2) is 4.02. The van der Waals surface area contributed by atoms with Crippen LogP contribution in [0.25, 0.3) is 0 Å². The van der Waals surface area contributed by atoms with Gasteiger partial charge in [-0.05, 0) is 17.3 Å².